The lowest BCUT2D eigenvalue weighted by molar-refractivity contribution is -0.138. The third-order valence-electron chi connectivity index (χ3n) is 3.08. The van der Waals surface area contributed by atoms with E-state index in [2.05, 4.69) is 15.5 Å². The van der Waals surface area contributed by atoms with Crippen LogP contribution < -0.4 is 10.6 Å². The molecule has 2 amide bonds. The van der Waals surface area contributed by atoms with Gasteiger partial charge in [0.05, 0.1) is 0 Å². The first-order valence-electron chi connectivity index (χ1n) is 6.51. The van der Waals surface area contributed by atoms with E-state index in [9.17, 15) is 9.59 Å². The number of nitrogens with one attached hydrogen (secondary N) is 2. The predicted molar refractivity (Wildman–Crippen MR) is 68.5 cm³/mol. The van der Waals surface area contributed by atoms with E-state index in [0.29, 0.717) is 0 Å². The van der Waals surface area contributed by atoms with Gasteiger partial charge in [0.15, 0.2) is 0 Å². The Balaban J connectivity index is 2.24. The summed E-state index contributed by atoms with van der Waals surface area (Å²) in [6.07, 6.45) is 3.72. The van der Waals surface area contributed by atoms with Crippen LogP contribution in [0.1, 0.15) is 33.1 Å². The topological polar surface area (TPSA) is 81.7 Å². The number of aliphatic carboxylic acids is 1. The van der Waals surface area contributed by atoms with Crippen LogP contribution in [0.15, 0.2) is 0 Å². The second kappa shape index (κ2) is 7.20. The molecule has 1 unspecified atom stereocenters. The molecule has 1 aliphatic heterocycles. The van der Waals surface area contributed by atoms with E-state index in [0.717, 1.165) is 19.6 Å². The summed E-state index contributed by atoms with van der Waals surface area (Å²) in [7, 11) is 0. The maximum Gasteiger partial charge on any atom is 0.325 e. The van der Waals surface area contributed by atoms with Crippen molar-refractivity contribution in [2.45, 2.75) is 45.2 Å². The first kappa shape index (κ1) is 14.8. The van der Waals surface area contributed by atoms with Gasteiger partial charge in [-0.25, -0.2) is 4.79 Å². The fourth-order valence-electron chi connectivity index (χ4n) is 2.10. The van der Waals surface area contributed by atoms with E-state index in [1.807, 2.05) is 6.92 Å². The minimum Gasteiger partial charge on any atom is -0.480 e. The Morgan fingerprint density at radius 3 is 2.33 bits per heavy atom. The predicted octanol–water partition coefficient (Wildman–Crippen LogP) is 0.633. The number of amides is 2. The molecule has 1 rings (SSSR count). The molecule has 0 aromatic carbocycles. The van der Waals surface area contributed by atoms with Crippen LogP contribution in [-0.4, -0.2) is 53.7 Å². The van der Waals surface area contributed by atoms with Gasteiger partial charge in [-0.05, 0) is 39.8 Å². The summed E-state index contributed by atoms with van der Waals surface area (Å²) in [6, 6.07) is -1.27. The molecule has 0 aromatic heterocycles. The van der Waals surface area contributed by atoms with E-state index in [1.165, 1.54) is 26.2 Å². The van der Waals surface area contributed by atoms with Gasteiger partial charge in [0.2, 0.25) is 0 Å². The molecule has 0 spiro atoms. The molecule has 104 valence electrons. The summed E-state index contributed by atoms with van der Waals surface area (Å²) >= 11 is 0. The summed E-state index contributed by atoms with van der Waals surface area (Å²) in [6.45, 7) is 6.35. The molecular weight excluding hydrogens is 234 g/mol. The highest BCUT2D eigenvalue weighted by Gasteiger charge is 2.17. The Labute approximate surface area is 108 Å². The van der Waals surface area contributed by atoms with E-state index in [1.54, 1.807) is 0 Å². The molecule has 1 fully saturated rings. The maximum absolute atomic E-state index is 11.5. The summed E-state index contributed by atoms with van der Waals surface area (Å²) in [5.74, 6) is -1.03. The van der Waals surface area contributed by atoms with Crippen molar-refractivity contribution in [3.63, 3.8) is 0 Å². The molecule has 1 heterocycles. The van der Waals surface area contributed by atoms with Gasteiger partial charge in [-0.1, -0.05) is 6.42 Å². The molecular formula is C12H23N3O3. The molecule has 0 saturated carbocycles. The van der Waals surface area contributed by atoms with Crippen LogP contribution in [0.5, 0.6) is 0 Å². The van der Waals surface area contributed by atoms with E-state index in [4.69, 9.17) is 5.11 Å². The summed E-state index contributed by atoms with van der Waals surface area (Å²) in [5, 5.41) is 13.8. The van der Waals surface area contributed by atoms with Gasteiger partial charge >= 0.3 is 12.0 Å². The molecule has 0 radical (unpaired) electrons. The quantitative estimate of drug-likeness (QED) is 0.675. The number of hydrogen-bond acceptors (Lipinski definition) is 3. The normalized spacial score (nSPS) is 19.9. The molecule has 1 aliphatic rings. The van der Waals surface area contributed by atoms with Gasteiger partial charge in [-0.2, -0.15) is 0 Å². The molecule has 0 bridgehead atoms. The number of likely N-dealkylation sites (tertiary alicyclic amines) is 1. The van der Waals surface area contributed by atoms with Crippen LogP contribution in [0.25, 0.3) is 0 Å². The van der Waals surface area contributed by atoms with Crippen molar-refractivity contribution in [2.75, 3.05) is 19.6 Å². The minimum atomic E-state index is -1.03. The zero-order chi connectivity index (χ0) is 13.5. The first-order valence-corrected chi connectivity index (χ1v) is 6.51. The fraction of sp³-hybridized carbons (Fsp3) is 0.833. The molecule has 0 aliphatic carbocycles. The lowest BCUT2D eigenvalue weighted by atomic mass is 10.1. The second-order valence-corrected chi connectivity index (χ2v) is 4.94. The van der Waals surface area contributed by atoms with Crippen molar-refractivity contribution in [2.24, 2.45) is 0 Å². The molecule has 2 atom stereocenters. The maximum atomic E-state index is 11.5. The standard InChI is InChI=1S/C12H23N3O3/c1-9(8-15-6-4-3-5-7-15)13-12(18)14-10(2)11(16)17/h9-10H,3-8H2,1-2H3,(H,16,17)(H2,13,14,18)/t9?,10-/m1/s1. The van der Waals surface area contributed by atoms with Crippen LogP contribution >= 0.6 is 0 Å². The lowest BCUT2D eigenvalue weighted by Crippen LogP contribution is -2.50. The number of hydrogen-bond donors (Lipinski definition) is 3. The summed E-state index contributed by atoms with van der Waals surface area (Å²) in [4.78, 5) is 24.4. The van der Waals surface area contributed by atoms with Crippen molar-refractivity contribution in [3.05, 3.63) is 0 Å². The Morgan fingerprint density at radius 2 is 1.78 bits per heavy atom. The smallest absolute Gasteiger partial charge is 0.325 e. The average Bonchev–Trinajstić information content (AvgIpc) is 2.29. The van der Waals surface area contributed by atoms with Crippen molar-refractivity contribution in [1.29, 1.82) is 0 Å². The number of carboxylic acid groups (broad SMARTS) is 1. The number of carbonyl (C=O) groups excluding carboxylic acids is 1. The second-order valence-electron chi connectivity index (χ2n) is 4.94. The van der Waals surface area contributed by atoms with Crippen LogP contribution in [0.4, 0.5) is 4.79 Å². The number of piperidine rings is 1. The fourth-order valence-corrected chi connectivity index (χ4v) is 2.10. The molecule has 6 nitrogen and oxygen atoms in total. The average molecular weight is 257 g/mol. The zero-order valence-electron chi connectivity index (χ0n) is 11.1. The number of nitrogens with zero attached hydrogens (tertiary/aromatic N) is 1. The number of rotatable bonds is 5. The summed E-state index contributed by atoms with van der Waals surface area (Å²) < 4.78 is 0. The number of urea groups is 1. The minimum absolute atomic E-state index is 0.0177. The van der Waals surface area contributed by atoms with Crippen molar-refractivity contribution < 1.29 is 14.7 Å². The van der Waals surface area contributed by atoms with Crippen molar-refractivity contribution >= 4 is 12.0 Å². The summed E-state index contributed by atoms with van der Waals surface area (Å²) in [5.41, 5.74) is 0. The van der Waals surface area contributed by atoms with Crippen LogP contribution in [0, 0.1) is 0 Å². The first-order chi connectivity index (χ1) is 8.49. The highest BCUT2D eigenvalue weighted by molar-refractivity contribution is 5.82. The van der Waals surface area contributed by atoms with E-state index < -0.39 is 18.0 Å². The molecule has 1 saturated heterocycles. The molecule has 3 N–H and O–H groups in total. The van der Waals surface area contributed by atoms with Gasteiger partial charge in [0, 0.05) is 12.6 Å². The van der Waals surface area contributed by atoms with Crippen LogP contribution in [0.3, 0.4) is 0 Å². The lowest BCUT2D eigenvalue weighted by Gasteiger charge is -2.29. The monoisotopic (exact) mass is 257 g/mol. The third kappa shape index (κ3) is 5.35. The van der Waals surface area contributed by atoms with Crippen LogP contribution in [-0.2, 0) is 4.79 Å². The Hall–Kier alpha value is -1.30. The van der Waals surface area contributed by atoms with E-state index >= 15 is 0 Å². The van der Waals surface area contributed by atoms with Gasteiger partial charge in [-0.15, -0.1) is 0 Å². The highest BCUT2D eigenvalue weighted by Crippen LogP contribution is 2.08. The zero-order valence-corrected chi connectivity index (χ0v) is 11.1. The highest BCUT2D eigenvalue weighted by atomic mass is 16.4. The SMILES string of the molecule is CC(CN1CCCCC1)NC(=O)N[C@H](C)C(=O)O. The van der Waals surface area contributed by atoms with Crippen molar-refractivity contribution in [3.8, 4) is 0 Å². The van der Waals surface area contributed by atoms with Gasteiger partial charge in [0.1, 0.15) is 6.04 Å². The molecule has 18 heavy (non-hydrogen) atoms. The van der Waals surface area contributed by atoms with E-state index in [-0.39, 0.29) is 6.04 Å². The number of carboxylic acids is 1. The van der Waals surface area contributed by atoms with Crippen LogP contribution in [0.2, 0.25) is 0 Å². The van der Waals surface area contributed by atoms with Crippen molar-refractivity contribution in [1.82, 2.24) is 15.5 Å². The molecule has 0 aromatic rings. The van der Waals surface area contributed by atoms with Gasteiger partial charge in [0.25, 0.3) is 0 Å². The third-order valence-corrected chi connectivity index (χ3v) is 3.08. The van der Waals surface area contributed by atoms with Gasteiger partial charge in [-0.3, -0.25) is 4.79 Å². The Morgan fingerprint density at radius 1 is 1.17 bits per heavy atom. The largest absolute Gasteiger partial charge is 0.480 e. The number of carbonyl (C=O) groups is 2. The Bertz CT molecular complexity index is 290. The van der Waals surface area contributed by atoms with Gasteiger partial charge < -0.3 is 20.6 Å². The Kier molecular flexibility index (Phi) is 5.91. The molecule has 6 heteroatoms.